The molecule has 0 atom stereocenters. The van der Waals surface area contributed by atoms with Crippen molar-refractivity contribution in [2.45, 2.75) is 26.8 Å². The molecule has 29 heavy (non-hydrogen) atoms. The van der Waals surface area contributed by atoms with Gasteiger partial charge in [0.05, 0.1) is 18.3 Å². The Morgan fingerprint density at radius 2 is 2.03 bits per heavy atom. The molecular formula is C21H21BrN6O. The van der Waals surface area contributed by atoms with E-state index < -0.39 is 0 Å². The summed E-state index contributed by atoms with van der Waals surface area (Å²) in [6.45, 7) is 5.54. The van der Waals surface area contributed by atoms with E-state index in [0.29, 0.717) is 12.6 Å². The predicted octanol–water partition coefficient (Wildman–Crippen LogP) is 5.00. The minimum atomic E-state index is 0.349. The number of aromatic nitrogens is 4. The average molecular weight is 453 g/mol. The van der Waals surface area contributed by atoms with Crippen molar-refractivity contribution < 1.29 is 4.74 Å². The van der Waals surface area contributed by atoms with Crippen molar-refractivity contribution >= 4 is 50.2 Å². The van der Waals surface area contributed by atoms with Crippen LogP contribution in [0.25, 0.3) is 22.1 Å². The monoisotopic (exact) mass is 452 g/mol. The minimum absolute atomic E-state index is 0.349. The molecule has 148 valence electrons. The van der Waals surface area contributed by atoms with Crippen molar-refractivity contribution in [3.8, 4) is 5.75 Å². The van der Waals surface area contributed by atoms with Crippen molar-refractivity contribution in [3.05, 3.63) is 52.5 Å². The number of nitrogens with zero attached hydrogens (tertiary/aromatic N) is 5. The molecule has 0 spiro atoms. The summed E-state index contributed by atoms with van der Waals surface area (Å²) in [7, 11) is 0. The van der Waals surface area contributed by atoms with Gasteiger partial charge in [-0.2, -0.15) is 10.1 Å². The number of benzene rings is 2. The van der Waals surface area contributed by atoms with Crippen LogP contribution in [0.5, 0.6) is 5.75 Å². The van der Waals surface area contributed by atoms with E-state index in [1.807, 2.05) is 43.3 Å². The first-order valence-electron chi connectivity index (χ1n) is 9.54. The van der Waals surface area contributed by atoms with E-state index in [4.69, 9.17) is 4.74 Å². The Morgan fingerprint density at radius 1 is 1.17 bits per heavy atom. The Balaban J connectivity index is 1.66. The van der Waals surface area contributed by atoms with Gasteiger partial charge in [0.15, 0.2) is 5.65 Å². The Kier molecular flexibility index (Phi) is 5.71. The van der Waals surface area contributed by atoms with Gasteiger partial charge in [0.2, 0.25) is 0 Å². The zero-order chi connectivity index (χ0) is 20.2. The number of nitrogens with one attached hydrogen (secondary N) is 1. The molecule has 4 aromatic rings. The molecule has 0 aliphatic rings. The van der Waals surface area contributed by atoms with E-state index in [2.05, 4.69) is 59.2 Å². The van der Waals surface area contributed by atoms with Gasteiger partial charge in [-0.15, -0.1) is 10.2 Å². The lowest BCUT2D eigenvalue weighted by atomic mass is 10.2. The second kappa shape index (κ2) is 8.57. The second-order valence-electron chi connectivity index (χ2n) is 6.46. The summed E-state index contributed by atoms with van der Waals surface area (Å²) in [5.74, 6) is 1.11. The highest BCUT2D eigenvalue weighted by Crippen LogP contribution is 2.26. The number of para-hydroxylation sites is 1. The molecule has 0 saturated heterocycles. The molecule has 8 heteroatoms. The van der Waals surface area contributed by atoms with Crippen LogP contribution in [0.1, 0.15) is 25.8 Å². The van der Waals surface area contributed by atoms with Crippen LogP contribution in [0.3, 0.4) is 0 Å². The minimum Gasteiger partial charge on any atom is -0.493 e. The standard InChI is InChI=1S/C21H21BrN6O/c1-3-11-28-17-8-6-5-7-16(17)19-20(28)24-21(27-25-19)26-23-13-14-12-15(22)9-10-18(14)29-4-2/h5-10,12-13H,3-4,11H2,1-2H3,(H,24,26,27)/b23-13+. The normalized spacial score (nSPS) is 11.6. The van der Waals surface area contributed by atoms with Crippen molar-refractivity contribution in [1.82, 2.24) is 19.7 Å². The van der Waals surface area contributed by atoms with Crippen LogP contribution in [-0.2, 0) is 6.54 Å². The fraction of sp³-hybridized carbons (Fsp3) is 0.238. The maximum Gasteiger partial charge on any atom is 0.265 e. The lowest BCUT2D eigenvalue weighted by Gasteiger charge is -2.07. The fourth-order valence-corrected chi connectivity index (χ4v) is 3.65. The van der Waals surface area contributed by atoms with Gasteiger partial charge in [0, 0.05) is 22.0 Å². The first-order chi connectivity index (χ1) is 14.2. The second-order valence-corrected chi connectivity index (χ2v) is 7.38. The third kappa shape index (κ3) is 3.93. The van der Waals surface area contributed by atoms with Crippen molar-refractivity contribution in [3.63, 3.8) is 0 Å². The van der Waals surface area contributed by atoms with E-state index in [0.717, 1.165) is 50.8 Å². The van der Waals surface area contributed by atoms with Crippen molar-refractivity contribution in [1.29, 1.82) is 0 Å². The molecule has 2 aromatic carbocycles. The summed E-state index contributed by atoms with van der Waals surface area (Å²) in [6, 6.07) is 13.9. The SMILES string of the molecule is CCCn1c2ccccc2c2nnc(N/N=C/c3cc(Br)ccc3OCC)nc21. The topological polar surface area (TPSA) is 77.2 Å². The van der Waals surface area contributed by atoms with Crippen LogP contribution in [0, 0.1) is 0 Å². The molecule has 1 N–H and O–H groups in total. The Labute approximate surface area is 176 Å². The van der Waals surface area contributed by atoms with Gasteiger partial charge in [-0.25, -0.2) is 5.43 Å². The number of rotatable bonds is 7. The fourth-order valence-electron chi connectivity index (χ4n) is 3.27. The number of ether oxygens (including phenoxy) is 1. The van der Waals surface area contributed by atoms with Gasteiger partial charge in [0.25, 0.3) is 5.95 Å². The summed E-state index contributed by atoms with van der Waals surface area (Å²) in [4.78, 5) is 4.66. The molecule has 0 fully saturated rings. The van der Waals surface area contributed by atoms with E-state index in [9.17, 15) is 0 Å². The summed E-state index contributed by atoms with van der Waals surface area (Å²) in [5, 5.41) is 13.9. The maximum absolute atomic E-state index is 5.64. The molecule has 0 aliphatic carbocycles. The average Bonchev–Trinajstić information content (AvgIpc) is 3.04. The van der Waals surface area contributed by atoms with Crippen LogP contribution in [0.15, 0.2) is 52.0 Å². The van der Waals surface area contributed by atoms with Gasteiger partial charge in [0.1, 0.15) is 11.3 Å². The molecule has 2 aromatic heterocycles. The van der Waals surface area contributed by atoms with Gasteiger partial charge in [-0.1, -0.05) is 41.1 Å². The van der Waals surface area contributed by atoms with E-state index in [-0.39, 0.29) is 0 Å². The number of aryl methyl sites for hydroxylation is 1. The zero-order valence-corrected chi connectivity index (χ0v) is 17.8. The highest BCUT2D eigenvalue weighted by atomic mass is 79.9. The number of hydrazone groups is 1. The molecule has 0 unspecified atom stereocenters. The third-order valence-corrected chi connectivity index (χ3v) is 4.95. The molecular weight excluding hydrogens is 432 g/mol. The van der Waals surface area contributed by atoms with Crippen molar-refractivity contribution in [2.75, 3.05) is 12.0 Å². The van der Waals surface area contributed by atoms with Crippen LogP contribution >= 0.6 is 15.9 Å². The number of hydrogen-bond acceptors (Lipinski definition) is 6. The molecule has 2 heterocycles. The lowest BCUT2D eigenvalue weighted by Crippen LogP contribution is -2.03. The lowest BCUT2D eigenvalue weighted by molar-refractivity contribution is 0.339. The largest absolute Gasteiger partial charge is 0.493 e. The van der Waals surface area contributed by atoms with Gasteiger partial charge in [-0.05, 0) is 37.6 Å². The zero-order valence-electron chi connectivity index (χ0n) is 16.3. The van der Waals surface area contributed by atoms with E-state index in [1.165, 1.54) is 0 Å². The maximum atomic E-state index is 5.64. The molecule has 7 nitrogen and oxygen atoms in total. The van der Waals surface area contributed by atoms with Crippen molar-refractivity contribution in [2.24, 2.45) is 5.10 Å². The number of fused-ring (bicyclic) bond motifs is 3. The van der Waals surface area contributed by atoms with E-state index >= 15 is 0 Å². The van der Waals surface area contributed by atoms with Gasteiger partial charge in [-0.3, -0.25) is 0 Å². The highest BCUT2D eigenvalue weighted by molar-refractivity contribution is 9.10. The van der Waals surface area contributed by atoms with Gasteiger partial charge < -0.3 is 9.30 Å². The Hall–Kier alpha value is -3.00. The molecule has 4 rings (SSSR count). The van der Waals surface area contributed by atoms with Gasteiger partial charge >= 0.3 is 0 Å². The molecule has 0 bridgehead atoms. The van der Waals surface area contributed by atoms with Crippen LogP contribution in [0.4, 0.5) is 5.95 Å². The third-order valence-electron chi connectivity index (χ3n) is 4.46. The number of anilines is 1. The van der Waals surface area contributed by atoms with Crippen LogP contribution < -0.4 is 10.2 Å². The first kappa shape index (κ1) is 19.3. The van der Waals surface area contributed by atoms with Crippen LogP contribution in [0.2, 0.25) is 0 Å². The predicted molar refractivity (Wildman–Crippen MR) is 120 cm³/mol. The Morgan fingerprint density at radius 3 is 2.86 bits per heavy atom. The molecule has 0 aliphatic heterocycles. The summed E-state index contributed by atoms with van der Waals surface area (Å²) in [6.07, 6.45) is 2.69. The Bertz CT molecular complexity index is 1190. The summed E-state index contributed by atoms with van der Waals surface area (Å²) in [5.41, 5.74) is 6.46. The quantitative estimate of drug-likeness (QED) is 0.315. The van der Waals surface area contributed by atoms with Crippen LogP contribution in [-0.4, -0.2) is 32.6 Å². The number of halogens is 1. The molecule has 0 amide bonds. The highest BCUT2D eigenvalue weighted by Gasteiger charge is 2.13. The molecule has 0 saturated carbocycles. The first-order valence-corrected chi connectivity index (χ1v) is 10.3. The molecule has 0 radical (unpaired) electrons. The number of hydrogen-bond donors (Lipinski definition) is 1. The summed E-state index contributed by atoms with van der Waals surface area (Å²) < 4.78 is 8.77. The van der Waals surface area contributed by atoms with E-state index in [1.54, 1.807) is 6.21 Å². The summed E-state index contributed by atoms with van der Waals surface area (Å²) >= 11 is 3.48. The smallest absolute Gasteiger partial charge is 0.265 e.